The van der Waals surface area contributed by atoms with E-state index in [1.54, 1.807) is 18.2 Å². The first-order chi connectivity index (χ1) is 7.93. The van der Waals surface area contributed by atoms with Gasteiger partial charge in [-0.3, -0.25) is 4.79 Å². The summed E-state index contributed by atoms with van der Waals surface area (Å²) < 4.78 is 3.61. The van der Waals surface area contributed by atoms with Gasteiger partial charge >= 0.3 is 5.97 Å². The third-order valence-corrected chi connectivity index (χ3v) is 2.76. The second-order valence-corrected chi connectivity index (χ2v) is 5.89. The van der Waals surface area contributed by atoms with E-state index in [0.717, 1.165) is 12.0 Å². The van der Waals surface area contributed by atoms with Gasteiger partial charge in [-0.25, -0.2) is 0 Å². The van der Waals surface area contributed by atoms with Crippen molar-refractivity contribution in [1.82, 2.24) is 0 Å². The molecule has 1 aromatic carbocycles. The minimum Gasteiger partial charge on any atom is -0.461 e. The molecule has 0 radical (unpaired) electrons. The molecule has 0 fully saturated rings. The van der Waals surface area contributed by atoms with Crippen LogP contribution in [0.5, 0.6) is 0 Å². The number of rotatable bonds is 4. The topological polar surface area (TPSA) is 26.3 Å². The van der Waals surface area contributed by atoms with Gasteiger partial charge in [0.15, 0.2) is 0 Å². The summed E-state index contributed by atoms with van der Waals surface area (Å²) in [4.78, 5) is 11.2. The van der Waals surface area contributed by atoms with Gasteiger partial charge in [0.2, 0.25) is 3.79 Å². The van der Waals surface area contributed by atoms with Crippen molar-refractivity contribution in [2.45, 2.75) is 30.2 Å². The molecule has 1 aromatic rings. The lowest BCUT2D eigenvalue weighted by atomic mass is 10.1. The second kappa shape index (κ2) is 6.48. The Kier molecular flexibility index (Phi) is 5.57. The van der Waals surface area contributed by atoms with Crippen LogP contribution < -0.4 is 0 Å². The number of esters is 1. The summed E-state index contributed by atoms with van der Waals surface area (Å²) in [7, 11) is 0. The second-order valence-electron chi connectivity index (χ2n) is 3.61. The average molecular weight is 296 g/mol. The molecule has 0 bridgehead atoms. The summed E-state index contributed by atoms with van der Waals surface area (Å²) >= 11 is 17.3. The molecule has 2 nitrogen and oxygen atoms in total. The number of ether oxygens (including phenoxy) is 1. The van der Waals surface area contributed by atoms with E-state index < -0.39 is 3.79 Å². The van der Waals surface area contributed by atoms with Crippen LogP contribution in [0.15, 0.2) is 24.3 Å². The van der Waals surface area contributed by atoms with Crippen LogP contribution in [0.2, 0.25) is 0 Å². The highest BCUT2D eigenvalue weighted by molar-refractivity contribution is 6.66. The molecule has 0 unspecified atom stereocenters. The predicted molar refractivity (Wildman–Crippen MR) is 70.4 cm³/mol. The van der Waals surface area contributed by atoms with E-state index in [-0.39, 0.29) is 12.6 Å². The zero-order chi connectivity index (χ0) is 12.9. The fraction of sp³-hybridized carbons (Fsp3) is 0.417. The van der Waals surface area contributed by atoms with Gasteiger partial charge in [-0.2, -0.15) is 0 Å². The largest absolute Gasteiger partial charge is 0.461 e. The fourth-order valence-electron chi connectivity index (χ4n) is 1.28. The molecule has 0 spiro atoms. The van der Waals surface area contributed by atoms with Gasteiger partial charge in [-0.1, -0.05) is 59.9 Å². The summed E-state index contributed by atoms with van der Waals surface area (Å²) in [5, 5.41) is 0. The maximum absolute atomic E-state index is 11.2. The molecule has 0 atom stereocenters. The van der Waals surface area contributed by atoms with Crippen molar-refractivity contribution in [1.29, 1.82) is 0 Å². The van der Waals surface area contributed by atoms with E-state index in [4.69, 9.17) is 39.5 Å². The van der Waals surface area contributed by atoms with Crippen molar-refractivity contribution in [3.8, 4) is 0 Å². The van der Waals surface area contributed by atoms with Gasteiger partial charge in [0.1, 0.15) is 6.61 Å². The van der Waals surface area contributed by atoms with Gasteiger partial charge < -0.3 is 4.74 Å². The molecule has 0 aliphatic carbocycles. The first-order valence-electron chi connectivity index (χ1n) is 5.25. The molecule has 94 valence electrons. The summed E-state index contributed by atoms with van der Waals surface area (Å²) in [5.74, 6) is -0.216. The van der Waals surface area contributed by atoms with Crippen LogP contribution in [0.4, 0.5) is 0 Å². The molecule has 0 heterocycles. The van der Waals surface area contributed by atoms with Crippen molar-refractivity contribution in [3.63, 3.8) is 0 Å². The zero-order valence-electron chi connectivity index (χ0n) is 9.38. The quantitative estimate of drug-likeness (QED) is 0.609. The monoisotopic (exact) mass is 294 g/mol. The molecule has 0 saturated carbocycles. The molecule has 0 N–H and O–H groups in total. The smallest absolute Gasteiger partial charge is 0.306 e. The third-order valence-electron chi connectivity index (χ3n) is 2.11. The number of carbonyl (C=O) groups is 1. The molecular formula is C12H13Cl3O2. The Labute approximate surface area is 116 Å². The first-order valence-corrected chi connectivity index (χ1v) is 6.38. The third kappa shape index (κ3) is 5.15. The molecule has 5 heteroatoms. The van der Waals surface area contributed by atoms with E-state index in [1.807, 2.05) is 13.0 Å². The molecule has 0 aromatic heterocycles. The highest BCUT2D eigenvalue weighted by Crippen LogP contribution is 2.38. The van der Waals surface area contributed by atoms with Crippen LogP contribution in [0, 0.1) is 0 Å². The van der Waals surface area contributed by atoms with Crippen LogP contribution in [0.25, 0.3) is 0 Å². The molecule has 0 saturated heterocycles. The number of alkyl halides is 3. The lowest BCUT2D eigenvalue weighted by Crippen LogP contribution is -2.05. The van der Waals surface area contributed by atoms with Gasteiger partial charge in [-0.05, 0) is 18.1 Å². The minimum atomic E-state index is -1.45. The van der Waals surface area contributed by atoms with E-state index in [0.29, 0.717) is 12.0 Å². The zero-order valence-corrected chi connectivity index (χ0v) is 11.6. The Morgan fingerprint density at radius 1 is 1.35 bits per heavy atom. The van der Waals surface area contributed by atoms with Crippen LogP contribution in [0.3, 0.4) is 0 Å². The summed E-state index contributed by atoms with van der Waals surface area (Å²) in [6.45, 7) is 2.12. The Bertz CT molecular complexity index is 386. The van der Waals surface area contributed by atoms with Gasteiger partial charge in [0.05, 0.1) is 0 Å². The van der Waals surface area contributed by atoms with Crippen LogP contribution in [0.1, 0.15) is 30.9 Å². The Morgan fingerprint density at radius 2 is 2.06 bits per heavy atom. The van der Waals surface area contributed by atoms with Crippen molar-refractivity contribution < 1.29 is 9.53 Å². The minimum absolute atomic E-state index is 0.202. The molecule has 17 heavy (non-hydrogen) atoms. The van der Waals surface area contributed by atoms with Gasteiger partial charge in [0, 0.05) is 12.0 Å². The molecule has 1 rings (SSSR count). The molecule has 0 amide bonds. The number of halogens is 3. The standard InChI is InChI=1S/C12H13Cl3O2/c1-2-4-11(16)17-8-9-5-3-6-10(7-9)12(13,14)15/h3,5-7H,2,4,8H2,1H3. The Morgan fingerprint density at radius 3 is 2.65 bits per heavy atom. The van der Waals surface area contributed by atoms with Crippen molar-refractivity contribution in [2.24, 2.45) is 0 Å². The predicted octanol–water partition coefficient (Wildman–Crippen LogP) is 4.36. The van der Waals surface area contributed by atoms with E-state index in [9.17, 15) is 4.79 Å². The van der Waals surface area contributed by atoms with Crippen molar-refractivity contribution >= 4 is 40.8 Å². The van der Waals surface area contributed by atoms with E-state index in [1.165, 1.54) is 0 Å². The van der Waals surface area contributed by atoms with Crippen molar-refractivity contribution in [2.75, 3.05) is 0 Å². The SMILES string of the molecule is CCCC(=O)OCc1cccc(C(Cl)(Cl)Cl)c1. The molecule has 0 aliphatic rings. The van der Waals surface area contributed by atoms with Crippen molar-refractivity contribution in [3.05, 3.63) is 35.4 Å². The summed E-state index contributed by atoms with van der Waals surface area (Å²) in [6, 6.07) is 7.01. The average Bonchev–Trinajstić information content (AvgIpc) is 2.26. The molecule has 0 aliphatic heterocycles. The maximum atomic E-state index is 11.2. The Balaban J connectivity index is 2.64. The van der Waals surface area contributed by atoms with Crippen LogP contribution >= 0.6 is 34.8 Å². The summed E-state index contributed by atoms with van der Waals surface area (Å²) in [5.41, 5.74) is 1.37. The van der Waals surface area contributed by atoms with Gasteiger partial charge in [0.25, 0.3) is 0 Å². The summed E-state index contributed by atoms with van der Waals surface area (Å²) in [6.07, 6.45) is 1.19. The highest BCUT2D eigenvalue weighted by atomic mass is 35.6. The van der Waals surface area contributed by atoms with Gasteiger partial charge in [-0.15, -0.1) is 0 Å². The lowest BCUT2D eigenvalue weighted by Gasteiger charge is -2.12. The number of hydrogen-bond donors (Lipinski definition) is 0. The van der Waals surface area contributed by atoms with E-state index in [2.05, 4.69) is 0 Å². The maximum Gasteiger partial charge on any atom is 0.306 e. The number of hydrogen-bond acceptors (Lipinski definition) is 2. The number of carbonyl (C=O) groups excluding carboxylic acids is 1. The van der Waals surface area contributed by atoms with Crippen LogP contribution in [-0.4, -0.2) is 5.97 Å². The Hall–Kier alpha value is -0.440. The van der Waals surface area contributed by atoms with E-state index >= 15 is 0 Å². The lowest BCUT2D eigenvalue weighted by molar-refractivity contribution is -0.144. The normalized spacial score (nSPS) is 11.3. The first kappa shape index (κ1) is 14.6. The molecular weight excluding hydrogens is 282 g/mol. The number of benzene rings is 1. The van der Waals surface area contributed by atoms with Crippen LogP contribution in [-0.2, 0) is 19.9 Å². The highest BCUT2D eigenvalue weighted by Gasteiger charge is 2.22. The fourth-order valence-corrected chi connectivity index (χ4v) is 1.63.